The Morgan fingerprint density at radius 1 is 1.19 bits per heavy atom. The average molecular weight is 366 g/mol. The van der Waals surface area contributed by atoms with Crippen molar-refractivity contribution in [2.75, 3.05) is 14.2 Å². The first-order valence-corrected chi connectivity index (χ1v) is 8.67. The molecule has 0 fully saturated rings. The number of hydrogen-bond acceptors (Lipinski definition) is 5. The first-order chi connectivity index (χ1) is 13.1. The molecule has 0 aliphatic rings. The van der Waals surface area contributed by atoms with Crippen LogP contribution < -0.4 is 10.1 Å². The van der Waals surface area contributed by atoms with E-state index < -0.39 is 6.10 Å². The third kappa shape index (κ3) is 4.35. The van der Waals surface area contributed by atoms with Gasteiger partial charge in [0.15, 0.2) is 5.76 Å². The van der Waals surface area contributed by atoms with Crippen LogP contribution in [0, 0.1) is 0 Å². The van der Waals surface area contributed by atoms with Crippen LogP contribution in [0.25, 0.3) is 0 Å². The number of carbonyl (C=O) groups is 1. The Labute approximate surface area is 157 Å². The quantitative estimate of drug-likeness (QED) is 0.672. The summed E-state index contributed by atoms with van der Waals surface area (Å²) >= 11 is 0. The largest absolute Gasteiger partial charge is 0.497 e. The molecule has 1 atom stereocenters. The van der Waals surface area contributed by atoms with Crippen molar-refractivity contribution >= 4 is 5.91 Å². The summed E-state index contributed by atoms with van der Waals surface area (Å²) in [5, 5.41) is 17.2. The van der Waals surface area contributed by atoms with Crippen LogP contribution in [0.4, 0.5) is 0 Å². The first-order valence-electron chi connectivity index (χ1n) is 8.67. The molecular formula is C21H22N2O4. The summed E-state index contributed by atoms with van der Waals surface area (Å²) in [6, 6.07) is 16.8. The van der Waals surface area contributed by atoms with Crippen molar-refractivity contribution in [3.63, 3.8) is 0 Å². The van der Waals surface area contributed by atoms with Gasteiger partial charge in [0.2, 0.25) is 0 Å². The molecule has 2 aromatic carbocycles. The lowest BCUT2D eigenvalue weighted by Crippen LogP contribution is -2.21. The molecule has 27 heavy (non-hydrogen) atoms. The van der Waals surface area contributed by atoms with Crippen LogP contribution in [0.1, 0.15) is 39.0 Å². The number of rotatable bonds is 7. The van der Waals surface area contributed by atoms with Gasteiger partial charge in [0.05, 0.1) is 13.2 Å². The van der Waals surface area contributed by atoms with Gasteiger partial charge in [0, 0.05) is 19.9 Å². The number of aliphatic hydroxyl groups is 1. The number of methoxy groups -OCH3 is 1. The van der Waals surface area contributed by atoms with Crippen molar-refractivity contribution < 1.29 is 19.2 Å². The Kier molecular flexibility index (Phi) is 5.88. The van der Waals surface area contributed by atoms with Crippen LogP contribution in [0.15, 0.2) is 59.1 Å². The van der Waals surface area contributed by atoms with Crippen LogP contribution in [-0.4, -0.2) is 30.3 Å². The number of amides is 1. The molecule has 6 nitrogen and oxygen atoms in total. The molecule has 0 bridgehead atoms. The van der Waals surface area contributed by atoms with Crippen LogP contribution in [0.2, 0.25) is 0 Å². The molecule has 0 aliphatic carbocycles. The lowest BCUT2D eigenvalue weighted by Gasteiger charge is -2.10. The van der Waals surface area contributed by atoms with Gasteiger partial charge in [-0.2, -0.15) is 0 Å². The van der Waals surface area contributed by atoms with Crippen molar-refractivity contribution in [1.29, 1.82) is 0 Å². The summed E-state index contributed by atoms with van der Waals surface area (Å²) in [6.45, 7) is 0. The van der Waals surface area contributed by atoms with Crippen LogP contribution in [0.5, 0.6) is 5.75 Å². The maximum Gasteiger partial charge on any atom is 0.256 e. The van der Waals surface area contributed by atoms with E-state index in [1.807, 2.05) is 54.6 Å². The second kappa shape index (κ2) is 8.51. The molecule has 1 heterocycles. The maximum atomic E-state index is 12.4. The molecule has 6 heteroatoms. The number of carbonyl (C=O) groups excluding carboxylic acids is 1. The zero-order chi connectivity index (χ0) is 19.2. The van der Waals surface area contributed by atoms with Crippen molar-refractivity contribution in [1.82, 2.24) is 10.5 Å². The van der Waals surface area contributed by atoms with E-state index in [4.69, 9.17) is 9.26 Å². The van der Waals surface area contributed by atoms with E-state index >= 15 is 0 Å². The molecule has 1 amide bonds. The zero-order valence-corrected chi connectivity index (χ0v) is 15.3. The number of nitrogens with zero attached hydrogens (tertiary/aromatic N) is 1. The summed E-state index contributed by atoms with van der Waals surface area (Å²) in [6.07, 6.45) is -0.170. The molecule has 0 saturated carbocycles. The van der Waals surface area contributed by atoms with Gasteiger partial charge in [0.1, 0.15) is 17.0 Å². The van der Waals surface area contributed by atoms with E-state index in [2.05, 4.69) is 10.5 Å². The monoisotopic (exact) mass is 366 g/mol. The minimum atomic E-state index is -0.781. The van der Waals surface area contributed by atoms with E-state index in [0.717, 1.165) is 16.9 Å². The molecule has 1 aromatic heterocycles. The third-order valence-electron chi connectivity index (χ3n) is 4.38. The standard InChI is InChI=1S/C21H22N2O4/c1-22-21(25)20-17(12-14-8-10-16(26-2)11-9-14)23-27-19(20)13-18(24)15-6-4-3-5-7-15/h3-11,18,24H,12-13H2,1-2H3,(H,22,25). The van der Waals surface area contributed by atoms with Crippen molar-refractivity contribution in [3.8, 4) is 5.75 Å². The molecule has 3 rings (SSSR count). The number of hydrogen-bond donors (Lipinski definition) is 2. The summed E-state index contributed by atoms with van der Waals surface area (Å²) in [5.74, 6) is 0.848. The SMILES string of the molecule is CNC(=O)c1c(Cc2ccc(OC)cc2)noc1CC(O)c1ccccc1. The molecular weight excluding hydrogens is 344 g/mol. The highest BCUT2D eigenvalue weighted by Gasteiger charge is 2.24. The Morgan fingerprint density at radius 3 is 2.52 bits per heavy atom. The van der Waals surface area contributed by atoms with Crippen LogP contribution >= 0.6 is 0 Å². The molecule has 0 aliphatic heterocycles. The normalized spacial score (nSPS) is 11.8. The van der Waals surface area contributed by atoms with Gasteiger partial charge in [-0.05, 0) is 23.3 Å². The summed E-state index contributed by atoms with van der Waals surface area (Å²) in [4.78, 5) is 12.4. The first kappa shape index (κ1) is 18.7. The predicted octanol–water partition coefficient (Wildman–Crippen LogP) is 2.91. The highest BCUT2D eigenvalue weighted by Crippen LogP contribution is 2.24. The number of aliphatic hydroxyl groups excluding tert-OH is 1. The van der Waals surface area contributed by atoms with E-state index in [9.17, 15) is 9.90 Å². The van der Waals surface area contributed by atoms with Gasteiger partial charge < -0.3 is 19.7 Å². The number of ether oxygens (including phenoxy) is 1. The van der Waals surface area contributed by atoms with E-state index in [1.165, 1.54) is 0 Å². The Hall–Kier alpha value is -3.12. The van der Waals surface area contributed by atoms with Gasteiger partial charge in [-0.1, -0.05) is 47.6 Å². The molecule has 3 aromatic rings. The fraction of sp³-hybridized carbons (Fsp3) is 0.238. The van der Waals surface area contributed by atoms with E-state index in [-0.39, 0.29) is 12.3 Å². The second-order valence-electron chi connectivity index (χ2n) is 6.16. The lowest BCUT2D eigenvalue weighted by atomic mass is 10.00. The number of nitrogens with one attached hydrogen (secondary N) is 1. The fourth-order valence-electron chi connectivity index (χ4n) is 2.91. The summed E-state index contributed by atoms with van der Waals surface area (Å²) in [7, 11) is 3.17. The highest BCUT2D eigenvalue weighted by atomic mass is 16.5. The van der Waals surface area contributed by atoms with Gasteiger partial charge in [-0.3, -0.25) is 4.79 Å². The van der Waals surface area contributed by atoms with Gasteiger partial charge >= 0.3 is 0 Å². The van der Waals surface area contributed by atoms with Crippen molar-refractivity contribution in [2.45, 2.75) is 18.9 Å². The molecule has 140 valence electrons. The minimum absolute atomic E-state index is 0.169. The van der Waals surface area contributed by atoms with Crippen LogP contribution in [-0.2, 0) is 12.8 Å². The fourth-order valence-corrected chi connectivity index (χ4v) is 2.91. The number of aromatic nitrogens is 1. The summed E-state index contributed by atoms with van der Waals surface area (Å²) < 4.78 is 10.6. The Balaban J connectivity index is 1.85. The topological polar surface area (TPSA) is 84.6 Å². The third-order valence-corrected chi connectivity index (χ3v) is 4.38. The minimum Gasteiger partial charge on any atom is -0.497 e. The van der Waals surface area contributed by atoms with Gasteiger partial charge in [-0.25, -0.2) is 0 Å². The van der Waals surface area contributed by atoms with Gasteiger partial charge in [0.25, 0.3) is 5.91 Å². The smallest absolute Gasteiger partial charge is 0.256 e. The molecule has 2 N–H and O–H groups in total. The van der Waals surface area contributed by atoms with Gasteiger partial charge in [-0.15, -0.1) is 0 Å². The Morgan fingerprint density at radius 2 is 1.89 bits per heavy atom. The van der Waals surface area contributed by atoms with E-state index in [1.54, 1.807) is 14.2 Å². The molecule has 0 radical (unpaired) electrons. The second-order valence-corrected chi connectivity index (χ2v) is 6.16. The molecule has 0 spiro atoms. The zero-order valence-electron chi connectivity index (χ0n) is 15.3. The van der Waals surface area contributed by atoms with E-state index in [0.29, 0.717) is 23.4 Å². The average Bonchev–Trinajstić information content (AvgIpc) is 3.10. The Bertz CT molecular complexity index is 888. The number of benzene rings is 2. The predicted molar refractivity (Wildman–Crippen MR) is 101 cm³/mol. The summed E-state index contributed by atoms with van der Waals surface area (Å²) in [5.41, 5.74) is 2.65. The highest BCUT2D eigenvalue weighted by molar-refractivity contribution is 5.96. The lowest BCUT2D eigenvalue weighted by molar-refractivity contribution is 0.0958. The molecule has 1 unspecified atom stereocenters. The maximum absolute atomic E-state index is 12.4. The van der Waals surface area contributed by atoms with Crippen LogP contribution in [0.3, 0.4) is 0 Å². The molecule has 0 saturated heterocycles. The van der Waals surface area contributed by atoms with Crippen molar-refractivity contribution in [2.24, 2.45) is 0 Å². The van der Waals surface area contributed by atoms with Crippen molar-refractivity contribution in [3.05, 3.63) is 82.7 Å².